The smallest absolute Gasteiger partial charge is 0.226 e. The van der Waals surface area contributed by atoms with E-state index in [0.717, 1.165) is 36.3 Å². The second kappa shape index (κ2) is 7.66. The summed E-state index contributed by atoms with van der Waals surface area (Å²) >= 11 is 1.42. The number of benzene rings is 1. The minimum Gasteiger partial charge on any atom is -0.378 e. The molecule has 1 aliphatic heterocycles. The van der Waals surface area contributed by atoms with Crippen LogP contribution in [0.5, 0.6) is 0 Å². The van der Waals surface area contributed by atoms with Crippen molar-refractivity contribution >= 4 is 22.4 Å². The first kappa shape index (κ1) is 16.1. The van der Waals surface area contributed by atoms with Crippen molar-refractivity contribution in [1.82, 2.24) is 4.98 Å². The van der Waals surface area contributed by atoms with Gasteiger partial charge in [0.1, 0.15) is 5.82 Å². The summed E-state index contributed by atoms with van der Waals surface area (Å²) in [6.45, 7) is 0.808. The minimum absolute atomic E-state index is 0.0350. The van der Waals surface area contributed by atoms with Crippen LogP contribution in [-0.4, -0.2) is 23.6 Å². The maximum Gasteiger partial charge on any atom is 0.226 e. The third-order valence-corrected chi connectivity index (χ3v) is 4.70. The zero-order valence-electron chi connectivity index (χ0n) is 12.8. The van der Waals surface area contributed by atoms with Gasteiger partial charge in [-0.05, 0) is 37.0 Å². The highest BCUT2D eigenvalue weighted by Gasteiger charge is 2.17. The van der Waals surface area contributed by atoms with Crippen molar-refractivity contribution in [3.05, 3.63) is 46.7 Å². The Bertz CT molecular complexity index is 668. The predicted molar refractivity (Wildman–Crippen MR) is 88.2 cm³/mol. The Morgan fingerprint density at radius 2 is 2.39 bits per heavy atom. The molecule has 3 rings (SSSR count). The van der Waals surface area contributed by atoms with Crippen molar-refractivity contribution in [2.45, 2.75) is 38.2 Å². The van der Waals surface area contributed by atoms with Crippen LogP contribution in [0.1, 0.15) is 36.1 Å². The fourth-order valence-electron chi connectivity index (χ4n) is 2.64. The number of rotatable bonds is 6. The quantitative estimate of drug-likeness (QED) is 0.875. The normalized spacial score (nSPS) is 17.3. The molecule has 0 saturated carbocycles. The summed E-state index contributed by atoms with van der Waals surface area (Å²) in [5.74, 6) is -0.276. The lowest BCUT2D eigenvalue weighted by atomic mass is 10.1. The van der Waals surface area contributed by atoms with Crippen molar-refractivity contribution in [1.29, 1.82) is 0 Å². The standard InChI is InChI=1S/C17H19FN2O2S/c18-13-4-1-3-12(9-13)10-15-11-19-17(23-15)20-16(21)7-6-14-5-2-8-22-14/h1,3-4,9,11,14H,2,5-8,10H2,(H,19,20,21)/t14-/m1/s1. The van der Waals surface area contributed by atoms with Gasteiger partial charge in [0.15, 0.2) is 5.13 Å². The Kier molecular flexibility index (Phi) is 5.35. The molecule has 1 fully saturated rings. The maximum absolute atomic E-state index is 13.2. The third-order valence-electron chi connectivity index (χ3n) is 3.78. The first-order valence-electron chi connectivity index (χ1n) is 7.79. The maximum atomic E-state index is 13.2. The highest BCUT2D eigenvalue weighted by molar-refractivity contribution is 7.15. The minimum atomic E-state index is -0.241. The zero-order chi connectivity index (χ0) is 16.1. The highest BCUT2D eigenvalue weighted by atomic mass is 32.1. The number of nitrogens with zero attached hydrogens (tertiary/aromatic N) is 1. The van der Waals surface area contributed by atoms with E-state index >= 15 is 0 Å². The van der Waals surface area contributed by atoms with Crippen LogP contribution >= 0.6 is 11.3 Å². The Labute approximate surface area is 138 Å². The molecule has 2 heterocycles. The first-order valence-corrected chi connectivity index (χ1v) is 8.61. The van der Waals surface area contributed by atoms with Gasteiger partial charge >= 0.3 is 0 Å². The lowest BCUT2D eigenvalue weighted by molar-refractivity contribution is -0.116. The molecule has 122 valence electrons. The topological polar surface area (TPSA) is 51.2 Å². The van der Waals surface area contributed by atoms with E-state index in [1.165, 1.54) is 23.5 Å². The van der Waals surface area contributed by atoms with Crippen molar-refractivity contribution in [3.63, 3.8) is 0 Å². The molecule has 23 heavy (non-hydrogen) atoms. The van der Waals surface area contributed by atoms with E-state index in [1.54, 1.807) is 12.3 Å². The molecular weight excluding hydrogens is 315 g/mol. The highest BCUT2D eigenvalue weighted by Crippen LogP contribution is 2.22. The van der Waals surface area contributed by atoms with Gasteiger partial charge in [0, 0.05) is 30.5 Å². The number of anilines is 1. The summed E-state index contributed by atoms with van der Waals surface area (Å²) < 4.78 is 18.7. The summed E-state index contributed by atoms with van der Waals surface area (Å²) in [5, 5.41) is 3.41. The Morgan fingerprint density at radius 3 is 3.17 bits per heavy atom. The number of carbonyl (C=O) groups is 1. The van der Waals surface area contributed by atoms with E-state index in [4.69, 9.17) is 4.74 Å². The van der Waals surface area contributed by atoms with E-state index in [-0.39, 0.29) is 17.8 Å². The monoisotopic (exact) mass is 334 g/mol. The largest absolute Gasteiger partial charge is 0.378 e. The molecule has 0 bridgehead atoms. The molecule has 1 aromatic heterocycles. The molecule has 1 amide bonds. The summed E-state index contributed by atoms with van der Waals surface area (Å²) in [6, 6.07) is 6.51. The molecule has 1 aliphatic rings. The molecule has 1 saturated heterocycles. The first-order chi connectivity index (χ1) is 11.2. The summed E-state index contributed by atoms with van der Waals surface area (Å²) in [4.78, 5) is 17.1. The Morgan fingerprint density at radius 1 is 1.48 bits per heavy atom. The van der Waals surface area contributed by atoms with Gasteiger partial charge < -0.3 is 10.1 Å². The predicted octanol–water partition coefficient (Wildman–Crippen LogP) is 3.77. The molecule has 2 aromatic rings. The van der Waals surface area contributed by atoms with Gasteiger partial charge in [-0.15, -0.1) is 11.3 Å². The van der Waals surface area contributed by atoms with Gasteiger partial charge in [-0.25, -0.2) is 9.37 Å². The number of amides is 1. The molecule has 6 heteroatoms. The van der Waals surface area contributed by atoms with Crippen LogP contribution in [-0.2, 0) is 16.0 Å². The summed E-state index contributed by atoms with van der Waals surface area (Å²) in [5.41, 5.74) is 0.893. The fourth-order valence-corrected chi connectivity index (χ4v) is 3.50. The average Bonchev–Trinajstić information content (AvgIpc) is 3.17. The SMILES string of the molecule is O=C(CC[C@H]1CCCO1)Nc1ncc(Cc2cccc(F)c2)s1. The molecule has 4 nitrogen and oxygen atoms in total. The molecule has 0 unspecified atom stereocenters. The van der Waals surface area contributed by atoms with Crippen LogP contribution in [0.4, 0.5) is 9.52 Å². The average molecular weight is 334 g/mol. The van der Waals surface area contributed by atoms with Crippen LogP contribution < -0.4 is 5.32 Å². The number of hydrogen-bond acceptors (Lipinski definition) is 4. The third kappa shape index (κ3) is 4.84. The number of halogens is 1. The molecular formula is C17H19FN2O2S. The van der Waals surface area contributed by atoms with Crippen molar-refractivity contribution in [2.24, 2.45) is 0 Å². The molecule has 1 aromatic carbocycles. The Balaban J connectivity index is 1.49. The van der Waals surface area contributed by atoms with Gasteiger partial charge in [-0.3, -0.25) is 4.79 Å². The van der Waals surface area contributed by atoms with E-state index in [0.29, 0.717) is 18.0 Å². The molecule has 0 radical (unpaired) electrons. The van der Waals surface area contributed by atoms with E-state index in [9.17, 15) is 9.18 Å². The lowest BCUT2D eigenvalue weighted by Crippen LogP contribution is -2.15. The molecule has 1 atom stereocenters. The van der Waals surface area contributed by atoms with Crippen LogP contribution in [0.25, 0.3) is 0 Å². The van der Waals surface area contributed by atoms with Gasteiger partial charge in [0.2, 0.25) is 5.91 Å². The van der Waals surface area contributed by atoms with Crippen molar-refractivity contribution < 1.29 is 13.9 Å². The molecule has 1 N–H and O–H groups in total. The van der Waals surface area contributed by atoms with Crippen LogP contribution in [0.15, 0.2) is 30.5 Å². The summed E-state index contributed by atoms with van der Waals surface area (Å²) in [6.07, 6.45) is 5.90. The van der Waals surface area contributed by atoms with Crippen molar-refractivity contribution in [3.8, 4) is 0 Å². The summed E-state index contributed by atoms with van der Waals surface area (Å²) in [7, 11) is 0. The second-order valence-corrected chi connectivity index (χ2v) is 6.78. The fraction of sp³-hybridized carbons (Fsp3) is 0.412. The van der Waals surface area contributed by atoms with Gasteiger partial charge in [0.05, 0.1) is 6.10 Å². The van der Waals surface area contributed by atoms with Crippen molar-refractivity contribution in [2.75, 3.05) is 11.9 Å². The van der Waals surface area contributed by atoms with Crippen LogP contribution in [0.3, 0.4) is 0 Å². The number of carbonyl (C=O) groups excluding carboxylic acids is 1. The van der Waals surface area contributed by atoms with Crippen LogP contribution in [0, 0.1) is 5.82 Å². The number of ether oxygens (including phenoxy) is 1. The number of aromatic nitrogens is 1. The lowest BCUT2D eigenvalue weighted by Gasteiger charge is -2.07. The van der Waals surface area contributed by atoms with Gasteiger partial charge in [-0.2, -0.15) is 0 Å². The van der Waals surface area contributed by atoms with E-state index in [1.807, 2.05) is 6.07 Å². The zero-order valence-corrected chi connectivity index (χ0v) is 13.6. The molecule has 0 aliphatic carbocycles. The molecule has 0 spiro atoms. The van der Waals surface area contributed by atoms with E-state index < -0.39 is 0 Å². The van der Waals surface area contributed by atoms with E-state index in [2.05, 4.69) is 10.3 Å². The number of hydrogen-bond donors (Lipinski definition) is 1. The van der Waals surface area contributed by atoms with Gasteiger partial charge in [0.25, 0.3) is 0 Å². The Hall–Kier alpha value is -1.79. The number of thiazole rings is 1. The number of nitrogens with one attached hydrogen (secondary N) is 1. The second-order valence-electron chi connectivity index (χ2n) is 5.66. The van der Waals surface area contributed by atoms with Crippen LogP contribution in [0.2, 0.25) is 0 Å². The van der Waals surface area contributed by atoms with Gasteiger partial charge in [-0.1, -0.05) is 12.1 Å².